The summed E-state index contributed by atoms with van der Waals surface area (Å²) in [5, 5.41) is 3.54. The SMILES string of the molecule is COC(=O)C1=C(NCc2ccc(OC)c(OC)c2)C2C=CC=C(Cl)C2=NC1=O. The van der Waals surface area contributed by atoms with Crippen molar-refractivity contribution in [3.63, 3.8) is 0 Å². The van der Waals surface area contributed by atoms with Gasteiger partial charge in [-0.2, -0.15) is 0 Å². The standard InChI is InChI=1S/C20H19ClN2O5/c1-26-14-8-7-11(9-15(14)27-2)10-22-18-12-5-4-6-13(21)17(12)23-19(24)16(18)20(25)28-3/h4-9,12,22H,10H2,1-3H3. The van der Waals surface area contributed by atoms with Crippen molar-refractivity contribution in [1.29, 1.82) is 0 Å². The van der Waals surface area contributed by atoms with E-state index in [1.54, 1.807) is 32.4 Å². The molecule has 1 amide bonds. The van der Waals surface area contributed by atoms with Gasteiger partial charge in [-0.3, -0.25) is 4.79 Å². The number of allylic oxidation sites excluding steroid dienone is 4. The summed E-state index contributed by atoms with van der Waals surface area (Å²) in [5.74, 6) is -0.689. The van der Waals surface area contributed by atoms with Gasteiger partial charge in [-0.05, 0) is 23.8 Å². The quantitative estimate of drug-likeness (QED) is 0.581. The Morgan fingerprint density at radius 3 is 2.64 bits per heavy atom. The molecule has 0 aromatic heterocycles. The molecular weight excluding hydrogens is 384 g/mol. The molecule has 1 aromatic carbocycles. The van der Waals surface area contributed by atoms with Crippen LogP contribution in [0.2, 0.25) is 0 Å². The Kier molecular flexibility index (Phi) is 5.84. The van der Waals surface area contributed by atoms with E-state index in [-0.39, 0.29) is 5.57 Å². The summed E-state index contributed by atoms with van der Waals surface area (Å²) in [5.41, 5.74) is 1.54. The van der Waals surface area contributed by atoms with Gasteiger partial charge in [-0.15, -0.1) is 0 Å². The highest BCUT2D eigenvalue weighted by molar-refractivity contribution is 6.46. The normalized spacial score (nSPS) is 18.1. The first-order valence-corrected chi connectivity index (χ1v) is 8.82. The zero-order chi connectivity index (χ0) is 20.3. The molecule has 28 heavy (non-hydrogen) atoms. The highest BCUT2D eigenvalue weighted by Gasteiger charge is 2.36. The van der Waals surface area contributed by atoms with Gasteiger partial charge in [0.1, 0.15) is 5.57 Å². The van der Waals surface area contributed by atoms with Gasteiger partial charge < -0.3 is 19.5 Å². The zero-order valence-corrected chi connectivity index (χ0v) is 16.4. The van der Waals surface area contributed by atoms with Crippen LogP contribution in [0.4, 0.5) is 0 Å². The lowest BCUT2D eigenvalue weighted by Gasteiger charge is -2.27. The van der Waals surface area contributed by atoms with Crippen molar-refractivity contribution < 1.29 is 23.8 Å². The van der Waals surface area contributed by atoms with Crippen LogP contribution < -0.4 is 14.8 Å². The molecule has 1 aromatic rings. The fraction of sp³-hybridized carbons (Fsp3) is 0.250. The van der Waals surface area contributed by atoms with Crippen molar-refractivity contribution >= 4 is 29.2 Å². The van der Waals surface area contributed by atoms with Gasteiger partial charge >= 0.3 is 5.97 Å². The molecule has 1 heterocycles. The van der Waals surface area contributed by atoms with Crippen LogP contribution in [0.1, 0.15) is 5.56 Å². The first-order valence-electron chi connectivity index (χ1n) is 8.44. The van der Waals surface area contributed by atoms with Crippen LogP contribution in [0.25, 0.3) is 0 Å². The Morgan fingerprint density at radius 2 is 1.96 bits per heavy atom. The number of benzene rings is 1. The molecule has 8 heteroatoms. The fourth-order valence-electron chi connectivity index (χ4n) is 3.05. The second-order valence-corrected chi connectivity index (χ2v) is 6.41. The number of amides is 1. The van der Waals surface area contributed by atoms with Crippen molar-refractivity contribution in [1.82, 2.24) is 5.32 Å². The summed E-state index contributed by atoms with van der Waals surface area (Å²) in [4.78, 5) is 28.7. The molecule has 3 rings (SSSR count). The molecule has 0 radical (unpaired) electrons. The second kappa shape index (κ2) is 8.31. The molecule has 0 bridgehead atoms. The van der Waals surface area contributed by atoms with E-state index in [2.05, 4.69) is 10.3 Å². The number of halogens is 1. The van der Waals surface area contributed by atoms with Crippen LogP contribution in [0, 0.1) is 5.92 Å². The monoisotopic (exact) mass is 402 g/mol. The highest BCUT2D eigenvalue weighted by Crippen LogP contribution is 2.32. The van der Waals surface area contributed by atoms with Crippen molar-refractivity contribution in [2.45, 2.75) is 6.54 Å². The van der Waals surface area contributed by atoms with Crippen LogP contribution >= 0.6 is 11.6 Å². The maximum Gasteiger partial charge on any atom is 0.345 e. The number of dihydropyridines is 1. The molecule has 0 fully saturated rings. The number of nitrogens with zero attached hydrogens (tertiary/aromatic N) is 1. The maximum atomic E-state index is 12.5. The lowest BCUT2D eigenvalue weighted by atomic mass is 9.88. The first kappa shape index (κ1) is 19.7. The Hall–Kier alpha value is -3.06. The number of aliphatic imine (C=N–C) groups is 1. The van der Waals surface area contributed by atoms with E-state index in [4.69, 9.17) is 25.8 Å². The van der Waals surface area contributed by atoms with Gasteiger partial charge in [-0.1, -0.05) is 29.8 Å². The van der Waals surface area contributed by atoms with Crippen molar-refractivity contribution in [3.05, 3.63) is 58.3 Å². The molecule has 0 saturated heterocycles. The van der Waals surface area contributed by atoms with Crippen molar-refractivity contribution in [3.8, 4) is 11.5 Å². The number of hydrogen-bond acceptors (Lipinski definition) is 6. The first-order chi connectivity index (χ1) is 13.5. The number of rotatable bonds is 6. The molecule has 0 saturated carbocycles. The van der Waals surface area contributed by atoms with Gasteiger partial charge in [0.2, 0.25) is 0 Å². The van der Waals surface area contributed by atoms with E-state index in [1.165, 1.54) is 7.11 Å². The third-order valence-electron chi connectivity index (χ3n) is 4.42. The molecule has 1 atom stereocenters. The number of ether oxygens (including phenoxy) is 3. The van der Waals surface area contributed by atoms with Crippen LogP contribution in [0.3, 0.4) is 0 Å². The van der Waals surface area contributed by atoms with Crippen molar-refractivity contribution in [2.24, 2.45) is 10.9 Å². The number of carbonyl (C=O) groups is 2. The number of esters is 1. The predicted molar refractivity (Wildman–Crippen MR) is 104 cm³/mol. The zero-order valence-electron chi connectivity index (χ0n) is 15.6. The minimum absolute atomic E-state index is 0.132. The fourth-order valence-corrected chi connectivity index (χ4v) is 3.29. The van der Waals surface area contributed by atoms with Crippen LogP contribution in [0.5, 0.6) is 11.5 Å². The lowest BCUT2D eigenvalue weighted by molar-refractivity contribution is -0.137. The molecule has 1 unspecified atom stereocenters. The Morgan fingerprint density at radius 1 is 1.21 bits per heavy atom. The second-order valence-electron chi connectivity index (χ2n) is 6.00. The van der Waals surface area contributed by atoms with Gasteiger partial charge in [0, 0.05) is 12.2 Å². The minimum atomic E-state index is -0.748. The summed E-state index contributed by atoms with van der Waals surface area (Å²) >= 11 is 6.20. The van der Waals surface area contributed by atoms with Crippen LogP contribution in [-0.2, 0) is 20.9 Å². The van der Waals surface area contributed by atoms with E-state index < -0.39 is 17.8 Å². The van der Waals surface area contributed by atoms with Gasteiger partial charge in [0.15, 0.2) is 11.5 Å². The molecule has 146 valence electrons. The van der Waals surface area contributed by atoms with E-state index in [0.717, 1.165) is 5.56 Å². The average molecular weight is 403 g/mol. The van der Waals surface area contributed by atoms with E-state index in [0.29, 0.717) is 34.5 Å². The largest absolute Gasteiger partial charge is 0.493 e. The molecule has 2 aliphatic rings. The molecular formula is C20H19ClN2O5. The van der Waals surface area contributed by atoms with E-state index in [9.17, 15) is 9.59 Å². The third kappa shape index (κ3) is 3.66. The summed E-state index contributed by atoms with van der Waals surface area (Å²) in [6, 6.07) is 5.45. The van der Waals surface area contributed by atoms with E-state index in [1.807, 2.05) is 18.2 Å². The summed E-state index contributed by atoms with van der Waals surface area (Å²) in [6.45, 7) is 0.336. The maximum absolute atomic E-state index is 12.5. The summed E-state index contributed by atoms with van der Waals surface area (Å²) in [6.07, 6.45) is 5.23. The van der Waals surface area contributed by atoms with Crippen LogP contribution in [0.15, 0.2) is 57.7 Å². The Balaban J connectivity index is 1.94. The summed E-state index contributed by atoms with van der Waals surface area (Å²) < 4.78 is 15.3. The lowest BCUT2D eigenvalue weighted by Crippen LogP contribution is -2.36. The predicted octanol–water partition coefficient (Wildman–Crippen LogP) is 2.51. The number of carbonyl (C=O) groups excluding carboxylic acids is 2. The molecule has 1 aliphatic carbocycles. The molecule has 7 nitrogen and oxygen atoms in total. The van der Waals surface area contributed by atoms with Gasteiger partial charge in [0.25, 0.3) is 5.91 Å². The van der Waals surface area contributed by atoms with E-state index >= 15 is 0 Å². The van der Waals surface area contributed by atoms with Gasteiger partial charge in [-0.25, -0.2) is 9.79 Å². The number of fused-ring (bicyclic) bond motifs is 1. The number of methoxy groups -OCH3 is 3. The third-order valence-corrected chi connectivity index (χ3v) is 4.74. The molecule has 0 spiro atoms. The van der Waals surface area contributed by atoms with Crippen molar-refractivity contribution in [2.75, 3.05) is 21.3 Å². The number of nitrogens with one attached hydrogen (secondary N) is 1. The smallest absolute Gasteiger partial charge is 0.345 e. The average Bonchev–Trinajstić information content (AvgIpc) is 2.71. The minimum Gasteiger partial charge on any atom is -0.493 e. The highest BCUT2D eigenvalue weighted by atomic mass is 35.5. The topological polar surface area (TPSA) is 86.2 Å². The van der Waals surface area contributed by atoms with Crippen LogP contribution in [-0.4, -0.2) is 38.9 Å². The summed E-state index contributed by atoms with van der Waals surface area (Å²) in [7, 11) is 4.33. The Bertz CT molecular complexity index is 946. The molecule has 1 aliphatic heterocycles. The van der Waals surface area contributed by atoms with Gasteiger partial charge in [0.05, 0.1) is 38.0 Å². The number of hydrogen-bond donors (Lipinski definition) is 1. The molecule has 1 N–H and O–H groups in total. The Labute approximate surface area is 167 Å².